The van der Waals surface area contributed by atoms with E-state index in [1.54, 1.807) is 6.07 Å². The van der Waals surface area contributed by atoms with E-state index in [1.807, 2.05) is 13.0 Å². The van der Waals surface area contributed by atoms with E-state index in [9.17, 15) is 4.39 Å². The molecule has 15 heavy (non-hydrogen) atoms. The highest BCUT2D eigenvalue weighted by Crippen LogP contribution is 2.20. The fourth-order valence-electron chi connectivity index (χ4n) is 1.60. The Morgan fingerprint density at radius 3 is 2.40 bits per heavy atom. The second kappa shape index (κ2) is 5.83. The van der Waals surface area contributed by atoms with Crippen LogP contribution in [-0.4, -0.2) is 23.4 Å². The Morgan fingerprint density at radius 2 is 1.93 bits per heavy atom. The molecule has 0 amide bonds. The third-order valence-electron chi connectivity index (χ3n) is 2.48. The van der Waals surface area contributed by atoms with Crippen LogP contribution in [0.5, 0.6) is 0 Å². The lowest BCUT2D eigenvalue weighted by Gasteiger charge is -2.13. The van der Waals surface area contributed by atoms with Crippen molar-refractivity contribution in [1.82, 2.24) is 0 Å². The SMILES string of the molecule is CCCc1ccc(C(CO)CO)c(F)c1. The maximum absolute atomic E-state index is 13.6. The standard InChI is InChI=1S/C12H17FO2/c1-2-3-9-4-5-11(12(13)6-9)10(7-14)8-15/h4-6,10,14-15H,2-3,7-8H2,1H3. The molecule has 0 radical (unpaired) electrons. The first-order chi connectivity index (χ1) is 7.22. The minimum absolute atomic E-state index is 0.236. The molecule has 2 N–H and O–H groups in total. The van der Waals surface area contributed by atoms with Crippen molar-refractivity contribution in [1.29, 1.82) is 0 Å². The van der Waals surface area contributed by atoms with Crippen molar-refractivity contribution in [3.63, 3.8) is 0 Å². The molecular weight excluding hydrogens is 195 g/mol. The molecule has 2 nitrogen and oxygen atoms in total. The van der Waals surface area contributed by atoms with Crippen LogP contribution >= 0.6 is 0 Å². The number of aliphatic hydroxyl groups is 2. The third kappa shape index (κ3) is 3.01. The number of hydrogen-bond acceptors (Lipinski definition) is 2. The van der Waals surface area contributed by atoms with Gasteiger partial charge in [0.2, 0.25) is 0 Å². The van der Waals surface area contributed by atoms with Crippen LogP contribution in [0.15, 0.2) is 18.2 Å². The summed E-state index contributed by atoms with van der Waals surface area (Å²) in [5, 5.41) is 17.9. The van der Waals surface area contributed by atoms with Crippen molar-refractivity contribution in [2.24, 2.45) is 0 Å². The molecule has 0 fully saturated rings. The lowest BCUT2D eigenvalue weighted by atomic mass is 9.98. The van der Waals surface area contributed by atoms with Crippen LogP contribution in [0.4, 0.5) is 4.39 Å². The fraction of sp³-hybridized carbons (Fsp3) is 0.500. The van der Waals surface area contributed by atoms with Gasteiger partial charge in [-0.3, -0.25) is 0 Å². The van der Waals surface area contributed by atoms with E-state index in [0.717, 1.165) is 18.4 Å². The van der Waals surface area contributed by atoms with Gasteiger partial charge in [0.05, 0.1) is 13.2 Å². The quantitative estimate of drug-likeness (QED) is 0.782. The van der Waals surface area contributed by atoms with Crippen molar-refractivity contribution in [3.8, 4) is 0 Å². The Kier molecular flexibility index (Phi) is 4.72. The van der Waals surface area contributed by atoms with Gasteiger partial charge in [0.25, 0.3) is 0 Å². The first kappa shape index (κ1) is 12.1. The summed E-state index contributed by atoms with van der Waals surface area (Å²) in [6.07, 6.45) is 1.82. The summed E-state index contributed by atoms with van der Waals surface area (Å²) in [6, 6.07) is 4.98. The van der Waals surface area contributed by atoms with Crippen LogP contribution < -0.4 is 0 Å². The van der Waals surface area contributed by atoms with Gasteiger partial charge in [0.15, 0.2) is 0 Å². The zero-order valence-corrected chi connectivity index (χ0v) is 8.91. The predicted octanol–water partition coefficient (Wildman–Crippen LogP) is 1.85. The van der Waals surface area contributed by atoms with Gasteiger partial charge in [0.1, 0.15) is 5.82 Å². The molecule has 1 rings (SSSR count). The summed E-state index contributed by atoms with van der Waals surface area (Å²) in [5.41, 5.74) is 1.34. The summed E-state index contributed by atoms with van der Waals surface area (Å²) in [7, 11) is 0. The molecule has 1 aromatic rings. The third-order valence-corrected chi connectivity index (χ3v) is 2.48. The molecule has 0 aliphatic heterocycles. The monoisotopic (exact) mass is 212 g/mol. The molecule has 0 aromatic heterocycles. The summed E-state index contributed by atoms with van der Waals surface area (Å²) in [6.45, 7) is 1.57. The number of rotatable bonds is 5. The lowest BCUT2D eigenvalue weighted by Crippen LogP contribution is -2.11. The maximum Gasteiger partial charge on any atom is 0.127 e. The van der Waals surface area contributed by atoms with Gasteiger partial charge < -0.3 is 10.2 Å². The first-order valence-electron chi connectivity index (χ1n) is 5.23. The van der Waals surface area contributed by atoms with Crippen LogP contribution in [0.1, 0.15) is 30.4 Å². The van der Waals surface area contributed by atoms with Gasteiger partial charge in [0, 0.05) is 5.92 Å². The second-order valence-electron chi connectivity index (χ2n) is 3.67. The van der Waals surface area contributed by atoms with Crippen molar-refractivity contribution < 1.29 is 14.6 Å². The Bertz CT molecular complexity index is 308. The van der Waals surface area contributed by atoms with Gasteiger partial charge in [-0.05, 0) is 23.6 Å². The normalized spacial score (nSPS) is 11.0. The summed E-state index contributed by atoms with van der Waals surface area (Å²) >= 11 is 0. The molecular formula is C12H17FO2. The molecule has 0 saturated carbocycles. The molecule has 3 heteroatoms. The topological polar surface area (TPSA) is 40.5 Å². The molecule has 0 heterocycles. The van der Waals surface area contributed by atoms with E-state index in [-0.39, 0.29) is 19.0 Å². The Labute approximate surface area is 89.4 Å². The van der Waals surface area contributed by atoms with Crippen molar-refractivity contribution in [2.45, 2.75) is 25.7 Å². The van der Waals surface area contributed by atoms with Gasteiger partial charge in [-0.15, -0.1) is 0 Å². The molecule has 0 aliphatic rings. The minimum atomic E-state index is -0.513. The summed E-state index contributed by atoms with van der Waals surface area (Å²) in [4.78, 5) is 0. The molecule has 0 spiro atoms. The highest BCUT2D eigenvalue weighted by Gasteiger charge is 2.13. The number of aliphatic hydroxyl groups excluding tert-OH is 2. The zero-order chi connectivity index (χ0) is 11.3. The van der Waals surface area contributed by atoms with Crippen LogP contribution in [0, 0.1) is 5.82 Å². The molecule has 1 aromatic carbocycles. The van der Waals surface area contributed by atoms with E-state index in [4.69, 9.17) is 10.2 Å². The predicted molar refractivity (Wildman–Crippen MR) is 57.3 cm³/mol. The minimum Gasteiger partial charge on any atom is -0.396 e. The molecule has 0 aliphatic carbocycles. The Balaban J connectivity index is 2.91. The van der Waals surface area contributed by atoms with Crippen LogP contribution in [0.2, 0.25) is 0 Å². The zero-order valence-electron chi connectivity index (χ0n) is 8.91. The molecule has 0 saturated heterocycles. The molecule has 0 bridgehead atoms. The average Bonchev–Trinajstić information content (AvgIpc) is 2.23. The number of halogens is 1. The van der Waals surface area contributed by atoms with E-state index < -0.39 is 5.92 Å². The molecule has 84 valence electrons. The smallest absolute Gasteiger partial charge is 0.127 e. The van der Waals surface area contributed by atoms with E-state index in [0.29, 0.717) is 5.56 Å². The molecule has 0 unspecified atom stereocenters. The number of aryl methyl sites for hydroxylation is 1. The van der Waals surface area contributed by atoms with Crippen molar-refractivity contribution >= 4 is 0 Å². The lowest BCUT2D eigenvalue weighted by molar-refractivity contribution is 0.190. The van der Waals surface area contributed by atoms with Crippen LogP contribution in [-0.2, 0) is 6.42 Å². The van der Waals surface area contributed by atoms with Crippen molar-refractivity contribution in [3.05, 3.63) is 35.1 Å². The van der Waals surface area contributed by atoms with Gasteiger partial charge in [-0.2, -0.15) is 0 Å². The van der Waals surface area contributed by atoms with Gasteiger partial charge in [-0.1, -0.05) is 25.5 Å². The largest absolute Gasteiger partial charge is 0.396 e. The van der Waals surface area contributed by atoms with E-state index in [2.05, 4.69) is 0 Å². The Morgan fingerprint density at radius 1 is 1.27 bits per heavy atom. The van der Waals surface area contributed by atoms with E-state index >= 15 is 0 Å². The highest BCUT2D eigenvalue weighted by atomic mass is 19.1. The molecule has 0 atom stereocenters. The number of hydrogen-bond donors (Lipinski definition) is 2. The van der Waals surface area contributed by atoms with Crippen molar-refractivity contribution in [2.75, 3.05) is 13.2 Å². The summed E-state index contributed by atoms with van der Waals surface area (Å²) < 4.78 is 13.6. The maximum atomic E-state index is 13.6. The average molecular weight is 212 g/mol. The highest BCUT2D eigenvalue weighted by molar-refractivity contribution is 5.27. The van der Waals surface area contributed by atoms with Crippen LogP contribution in [0.25, 0.3) is 0 Å². The summed E-state index contributed by atoms with van der Waals surface area (Å²) in [5.74, 6) is -0.852. The Hall–Kier alpha value is -0.930. The van der Waals surface area contributed by atoms with Crippen LogP contribution in [0.3, 0.4) is 0 Å². The first-order valence-corrected chi connectivity index (χ1v) is 5.23. The van der Waals surface area contributed by atoms with Gasteiger partial charge in [-0.25, -0.2) is 4.39 Å². The fourth-order valence-corrected chi connectivity index (χ4v) is 1.60. The van der Waals surface area contributed by atoms with E-state index in [1.165, 1.54) is 6.07 Å². The number of benzene rings is 1. The van der Waals surface area contributed by atoms with Gasteiger partial charge >= 0.3 is 0 Å². The second-order valence-corrected chi connectivity index (χ2v) is 3.67.